The van der Waals surface area contributed by atoms with E-state index in [1.54, 1.807) is 24.3 Å². The van der Waals surface area contributed by atoms with Crippen molar-refractivity contribution in [1.29, 1.82) is 0 Å². The fourth-order valence-electron chi connectivity index (χ4n) is 3.43. The summed E-state index contributed by atoms with van der Waals surface area (Å²) in [6.07, 6.45) is 3.07. The Morgan fingerprint density at radius 2 is 2.12 bits per heavy atom. The second-order valence-corrected chi connectivity index (χ2v) is 6.54. The third-order valence-electron chi connectivity index (χ3n) is 4.82. The molecule has 0 unspecified atom stereocenters. The van der Waals surface area contributed by atoms with Gasteiger partial charge in [-0.3, -0.25) is 9.59 Å². The summed E-state index contributed by atoms with van der Waals surface area (Å²) in [5.41, 5.74) is 0.0937. The number of unbranched alkanes of at least 4 members (excludes halogenated alkanes) is 1. The number of aromatic nitrogens is 3. The van der Waals surface area contributed by atoms with Gasteiger partial charge in [-0.2, -0.15) is 4.68 Å². The maximum absolute atomic E-state index is 13.1. The third kappa shape index (κ3) is 3.31. The molecule has 0 aliphatic carbocycles. The van der Waals surface area contributed by atoms with Crippen LogP contribution in [0.3, 0.4) is 0 Å². The van der Waals surface area contributed by atoms with Gasteiger partial charge in [0.05, 0.1) is 5.39 Å². The van der Waals surface area contributed by atoms with E-state index in [0.717, 1.165) is 17.5 Å². The van der Waals surface area contributed by atoms with Gasteiger partial charge in [0.1, 0.15) is 17.6 Å². The van der Waals surface area contributed by atoms with Crippen molar-refractivity contribution < 1.29 is 14.7 Å². The number of carbonyl (C=O) groups is 2. The molecule has 0 saturated carbocycles. The van der Waals surface area contributed by atoms with E-state index in [0.29, 0.717) is 36.7 Å². The van der Waals surface area contributed by atoms with E-state index in [1.807, 2.05) is 6.92 Å². The molecule has 1 aromatic carbocycles. The summed E-state index contributed by atoms with van der Waals surface area (Å²) in [4.78, 5) is 38.7. The molecule has 0 bridgehead atoms. The topological polar surface area (TPSA) is 105 Å². The minimum Gasteiger partial charge on any atom is -0.480 e. The van der Waals surface area contributed by atoms with Gasteiger partial charge >= 0.3 is 5.97 Å². The lowest BCUT2D eigenvalue weighted by molar-refractivity contribution is -0.149. The van der Waals surface area contributed by atoms with Gasteiger partial charge in [-0.05, 0) is 31.4 Å². The molecule has 2 heterocycles. The fourth-order valence-corrected chi connectivity index (χ4v) is 3.43. The van der Waals surface area contributed by atoms with E-state index >= 15 is 0 Å². The maximum Gasteiger partial charge on any atom is 0.326 e. The summed E-state index contributed by atoms with van der Waals surface area (Å²) in [6.45, 7) is 2.38. The molecule has 26 heavy (non-hydrogen) atoms. The second kappa shape index (κ2) is 7.63. The van der Waals surface area contributed by atoms with Crippen molar-refractivity contribution in [2.24, 2.45) is 0 Å². The number of aliphatic carboxylic acids is 1. The predicted octanol–water partition coefficient (Wildman–Crippen LogP) is 1.60. The van der Waals surface area contributed by atoms with Crippen LogP contribution in [0.2, 0.25) is 0 Å². The third-order valence-corrected chi connectivity index (χ3v) is 4.82. The predicted molar refractivity (Wildman–Crippen MR) is 94.7 cm³/mol. The average molecular weight is 358 g/mol. The minimum atomic E-state index is -1.01. The Morgan fingerprint density at radius 1 is 1.35 bits per heavy atom. The number of carbonyl (C=O) groups excluding carboxylic acids is 1. The van der Waals surface area contributed by atoms with Crippen molar-refractivity contribution in [2.75, 3.05) is 6.54 Å². The molecular weight excluding hydrogens is 336 g/mol. The van der Waals surface area contributed by atoms with E-state index in [9.17, 15) is 19.5 Å². The van der Waals surface area contributed by atoms with Crippen LogP contribution in [0, 0.1) is 0 Å². The lowest BCUT2D eigenvalue weighted by Gasteiger charge is -2.27. The number of carboxylic acids is 1. The fraction of sp³-hybridized carbons (Fsp3) is 0.500. The number of hydrogen-bond acceptors (Lipinski definition) is 5. The Hall–Kier alpha value is -2.77. The van der Waals surface area contributed by atoms with Crippen molar-refractivity contribution in [3.05, 3.63) is 34.6 Å². The van der Waals surface area contributed by atoms with Crippen LogP contribution in [-0.4, -0.2) is 49.5 Å². The molecule has 1 aliphatic rings. The normalized spacial score (nSPS) is 18.2. The standard InChI is InChI=1S/C18H22N4O4/c1-2-3-9-14(17(24)21-11-6-10-15(21)18(25)26)22-16(23)12-7-4-5-8-13(12)19-20-22/h4-5,7-8,14-15H,2-3,6,9-11H2,1H3,(H,25,26)/t14-,15+/m0/s1. The van der Waals surface area contributed by atoms with Gasteiger partial charge in [-0.25, -0.2) is 4.79 Å². The van der Waals surface area contributed by atoms with Crippen LogP contribution in [0.5, 0.6) is 0 Å². The highest BCUT2D eigenvalue weighted by Gasteiger charge is 2.38. The molecule has 2 atom stereocenters. The summed E-state index contributed by atoms with van der Waals surface area (Å²) >= 11 is 0. The van der Waals surface area contributed by atoms with Crippen LogP contribution in [0.15, 0.2) is 29.1 Å². The molecular formula is C18H22N4O4. The lowest BCUT2D eigenvalue weighted by Crippen LogP contribution is -2.46. The number of rotatable bonds is 6. The van der Waals surface area contributed by atoms with Gasteiger partial charge in [0.25, 0.3) is 5.56 Å². The molecule has 1 aliphatic heterocycles. The van der Waals surface area contributed by atoms with E-state index in [1.165, 1.54) is 4.90 Å². The van der Waals surface area contributed by atoms with Crippen LogP contribution in [0.4, 0.5) is 0 Å². The molecule has 1 fully saturated rings. The summed E-state index contributed by atoms with van der Waals surface area (Å²) in [6, 6.07) is 5.18. The van der Waals surface area contributed by atoms with Gasteiger partial charge < -0.3 is 10.0 Å². The first-order valence-electron chi connectivity index (χ1n) is 8.92. The van der Waals surface area contributed by atoms with E-state index in [-0.39, 0.29) is 11.5 Å². The number of likely N-dealkylation sites (tertiary alicyclic amines) is 1. The molecule has 1 amide bonds. The van der Waals surface area contributed by atoms with Gasteiger partial charge in [0.15, 0.2) is 0 Å². The van der Waals surface area contributed by atoms with Crippen molar-refractivity contribution in [2.45, 2.75) is 51.1 Å². The number of nitrogens with zero attached hydrogens (tertiary/aromatic N) is 4. The molecule has 2 aromatic rings. The summed E-state index contributed by atoms with van der Waals surface area (Å²) in [5.74, 6) is -1.38. The molecule has 8 heteroatoms. The summed E-state index contributed by atoms with van der Waals surface area (Å²) in [5, 5.41) is 17.8. The number of benzene rings is 1. The van der Waals surface area contributed by atoms with Gasteiger partial charge in [-0.15, -0.1) is 5.10 Å². The van der Waals surface area contributed by atoms with Crippen LogP contribution >= 0.6 is 0 Å². The van der Waals surface area contributed by atoms with Crippen molar-refractivity contribution in [1.82, 2.24) is 19.9 Å². The molecule has 0 spiro atoms. The Bertz CT molecular complexity index is 879. The minimum absolute atomic E-state index is 0.366. The zero-order valence-electron chi connectivity index (χ0n) is 14.7. The zero-order chi connectivity index (χ0) is 18.7. The largest absolute Gasteiger partial charge is 0.480 e. The first-order chi connectivity index (χ1) is 12.5. The maximum atomic E-state index is 13.1. The van der Waals surface area contributed by atoms with Crippen molar-refractivity contribution >= 4 is 22.8 Å². The molecule has 1 N–H and O–H groups in total. The van der Waals surface area contributed by atoms with Crippen molar-refractivity contribution in [3.63, 3.8) is 0 Å². The van der Waals surface area contributed by atoms with Gasteiger partial charge in [0, 0.05) is 6.54 Å². The highest BCUT2D eigenvalue weighted by Crippen LogP contribution is 2.24. The highest BCUT2D eigenvalue weighted by molar-refractivity contribution is 5.87. The van der Waals surface area contributed by atoms with Crippen LogP contribution in [-0.2, 0) is 9.59 Å². The monoisotopic (exact) mass is 358 g/mol. The first-order valence-corrected chi connectivity index (χ1v) is 8.92. The van der Waals surface area contributed by atoms with Gasteiger partial charge in [0.2, 0.25) is 5.91 Å². The van der Waals surface area contributed by atoms with Crippen LogP contribution in [0.1, 0.15) is 45.1 Å². The summed E-state index contributed by atoms with van der Waals surface area (Å²) in [7, 11) is 0. The van der Waals surface area contributed by atoms with Crippen LogP contribution in [0.25, 0.3) is 10.9 Å². The number of amides is 1. The Balaban J connectivity index is 2.01. The lowest BCUT2D eigenvalue weighted by atomic mass is 10.1. The van der Waals surface area contributed by atoms with Gasteiger partial charge in [-0.1, -0.05) is 37.1 Å². The molecule has 1 aromatic heterocycles. The van der Waals surface area contributed by atoms with E-state index < -0.39 is 18.1 Å². The molecule has 3 rings (SSSR count). The first kappa shape index (κ1) is 18.0. The Labute approximate surface area is 150 Å². The average Bonchev–Trinajstić information content (AvgIpc) is 3.13. The van der Waals surface area contributed by atoms with Crippen molar-refractivity contribution in [3.8, 4) is 0 Å². The molecule has 1 saturated heterocycles. The molecule has 8 nitrogen and oxygen atoms in total. The van der Waals surface area contributed by atoms with E-state index in [2.05, 4.69) is 10.3 Å². The zero-order valence-corrected chi connectivity index (χ0v) is 14.7. The van der Waals surface area contributed by atoms with Crippen LogP contribution < -0.4 is 5.56 Å². The number of fused-ring (bicyclic) bond motifs is 1. The smallest absolute Gasteiger partial charge is 0.326 e. The molecule has 138 valence electrons. The molecule has 0 radical (unpaired) electrons. The highest BCUT2D eigenvalue weighted by atomic mass is 16.4. The Kier molecular flexibility index (Phi) is 5.29. The number of hydrogen-bond donors (Lipinski definition) is 1. The van der Waals surface area contributed by atoms with E-state index in [4.69, 9.17) is 0 Å². The second-order valence-electron chi connectivity index (χ2n) is 6.54. The Morgan fingerprint density at radius 3 is 2.85 bits per heavy atom. The summed E-state index contributed by atoms with van der Waals surface area (Å²) < 4.78 is 1.12. The number of carboxylic acid groups (broad SMARTS) is 1. The SMILES string of the molecule is CCCC[C@@H](C(=O)N1CCC[C@@H]1C(=O)O)n1nnc2ccccc2c1=O. The quantitative estimate of drug-likeness (QED) is 0.841.